The maximum absolute atomic E-state index is 5.87. The summed E-state index contributed by atoms with van der Waals surface area (Å²) in [6.45, 7) is 10.1. The molecule has 0 fully saturated rings. The lowest BCUT2D eigenvalue weighted by atomic mass is 10.1. The summed E-state index contributed by atoms with van der Waals surface area (Å²) in [6.07, 6.45) is 3.82. The normalized spacial score (nSPS) is 13.9. The predicted octanol–water partition coefficient (Wildman–Crippen LogP) is 2.84. The average molecular weight is 214 g/mol. The lowest BCUT2D eigenvalue weighted by molar-refractivity contribution is -0.870. The summed E-state index contributed by atoms with van der Waals surface area (Å²) in [5, 5.41) is 0. The number of unbranched alkanes of at least 4 members (excludes halogenated alkanes) is 1. The van der Waals surface area contributed by atoms with E-state index in [-0.39, 0.29) is 6.10 Å². The minimum absolute atomic E-state index is 0.261. The molecule has 90 valence electrons. The summed E-state index contributed by atoms with van der Waals surface area (Å²) in [6, 6.07) is 0. The number of rotatable bonds is 8. The second kappa shape index (κ2) is 7.02. The Morgan fingerprint density at radius 1 is 1.33 bits per heavy atom. The van der Waals surface area contributed by atoms with Gasteiger partial charge in [-0.15, -0.1) is 0 Å². The molecule has 2 heteroatoms. The topological polar surface area (TPSA) is 9.23 Å². The average Bonchev–Trinajstić information content (AvgIpc) is 2.08. The molecule has 0 radical (unpaired) electrons. The molecule has 0 aliphatic carbocycles. The molecule has 0 spiro atoms. The van der Waals surface area contributed by atoms with Gasteiger partial charge >= 0.3 is 0 Å². The van der Waals surface area contributed by atoms with Gasteiger partial charge in [0.2, 0.25) is 0 Å². The Balaban J connectivity index is 3.81. The van der Waals surface area contributed by atoms with Crippen LogP contribution in [-0.2, 0) is 4.74 Å². The van der Waals surface area contributed by atoms with E-state index in [1.54, 1.807) is 0 Å². The first kappa shape index (κ1) is 14.7. The number of nitrogens with zero attached hydrogens (tertiary/aromatic N) is 1. The highest BCUT2D eigenvalue weighted by atomic mass is 16.5. The summed E-state index contributed by atoms with van der Waals surface area (Å²) >= 11 is 0. The van der Waals surface area contributed by atoms with Crippen LogP contribution in [0.1, 0.15) is 33.1 Å². The Morgan fingerprint density at radius 2 is 1.93 bits per heavy atom. The quantitative estimate of drug-likeness (QED) is 0.446. The second-order valence-electron chi connectivity index (χ2n) is 5.36. The number of ether oxygens (including phenoxy) is 1. The van der Waals surface area contributed by atoms with Crippen molar-refractivity contribution in [2.45, 2.75) is 39.2 Å². The van der Waals surface area contributed by atoms with Crippen molar-refractivity contribution in [1.82, 2.24) is 0 Å². The predicted molar refractivity (Wildman–Crippen MR) is 67.0 cm³/mol. The first-order chi connectivity index (χ1) is 6.87. The summed E-state index contributed by atoms with van der Waals surface area (Å²) < 4.78 is 6.82. The number of hydrogen-bond acceptors (Lipinski definition) is 1. The van der Waals surface area contributed by atoms with Crippen molar-refractivity contribution in [2.75, 3.05) is 34.3 Å². The summed E-state index contributed by atoms with van der Waals surface area (Å²) in [7, 11) is 6.56. The lowest BCUT2D eigenvalue weighted by Crippen LogP contribution is -2.38. The highest BCUT2D eigenvalue weighted by molar-refractivity contribution is 4.97. The molecule has 0 aromatic carbocycles. The first-order valence-electron chi connectivity index (χ1n) is 5.94. The van der Waals surface area contributed by atoms with Crippen LogP contribution in [0.3, 0.4) is 0 Å². The zero-order valence-electron chi connectivity index (χ0n) is 11.2. The second-order valence-corrected chi connectivity index (χ2v) is 5.36. The van der Waals surface area contributed by atoms with Gasteiger partial charge in [-0.1, -0.05) is 31.9 Å². The monoisotopic (exact) mass is 214 g/mol. The van der Waals surface area contributed by atoms with Crippen molar-refractivity contribution >= 4 is 0 Å². The third-order valence-electron chi connectivity index (χ3n) is 2.45. The minimum Gasteiger partial charge on any atom is -0.368 e. The third kappa shape index (κ3) is 8.64. The number of hydrogen-bond donors (Lipinski definition) is 0. The van der Waals surface area contributed by atoms with Gasteiger partial charge in [-0.05, 0) is 13.3 Å². The minimum atomic E-state index is 0.261. The van der Waals surface area contributed by atoms with E-state index >= 15 is 0 Å². The highest BCUT2D eigenvalue weighted by Crippen LogP contribution is 2.12. The van der Waals surface area contributed by atoms with Crippen molar-refractivity contribution in [3.05, 3.63) is 12.2 Å². The standard InChI is InChI=1S/C13H28NO/c1-7-8-9-13(12(2)3)15-11-10-14(4,5)6/h13H,2,7-11H2,1,3-6H3/q+1. The molecule has 0 saturated carbocycles. The number of quaternary nitrogens is 1. The lowest BCUT2D eigenvalue weighted by Gasteiger charge is -2.25. The maximum Gasteiger partial charge on any atom is 0.102 e. The third-order valence-corrected chi connectivity index (χ3v) is 2.45. The Morgan fingerprint density at radius 3 is 2.33 bits per heavy atom. The molecule has 15 heavy (non-hydrogen) atoms. The zero-order valence-corrected chi connectivity index (χ0v) is 11.2. The van der Waals surface area contributed by atoms with Gasteiger partial charge in [0.15, 0.2) is 0 Å². The molecule has 1 unspecified atom stereocenters. The fourth-order valence-electron chi connectivity index (χ4n) is 1.33. The SMILES string of the molecule is C=C(C)C(CCCC)OCC[N+](C)(C)C. The highest BCUT2D eigenvalue weighted by Gasteiger charge is 2.12. The molecule has 0 aliphatic rings. The van der Waals surface area contributed by atoms with Crippen molar-refractivity contribution in [2.24, 2.45) is 0 Å². The van der Waals surface area contributed by atoms with E-state index in [1.165, 1.54) is 12.8 Å². The summed E-state index contributed by atoms with van der Waals surface area (Å²) in [4.78, 5) is 0. The molecule has 0 saturated heterocycles. The van der Waals surface area contributed by atoms with Crippen LogP contribution in [0.15, 0.2) is 12.2 Å². The van der Waals surface area contributed by atoms with E-state index in [0.717, 1.165) is 29.6 Å². The molecular weight excluding hydrogens is 186 g/mol. The van der Waals surface area contributed by atoms with Gasteiger partial charge in [0, 0.05) is 0 Å². The van der Waals surface area contributed by atoms with Crippen LogP contribution in [0, 0.1) is 0 Å². The van der Waals surface area contributed by atoms with Gasteiger partial charge in [-0.25, -0.2) is 0 Å². The summed E-state index contributed by atoms with van der Waals surface area (Å²) in [5.74, 6) is 0. The van der Waals surface area contributed by atoms with Crippen LogP contribution >= 0.6 is 0 Å². The zero-order chi connectivity index (χ0) is 11.9. The van der Waals surface area contributed by atoms with Gasteiger partial charge < -0.3 is 9.22 Å². The van der Waals surface area contributed by atoms with Gasteiger partial charge in [-0.3, -0.25) is 0 Å². The molecule has 0 rings (SSSR count). The summed E-state index contributed by atoms with van der Waals surface area (Å²) in [5.41, 5.74) is 1.16. The Labute approximate surface area is 95.5 Å². The van der Waals surface area contributed by atoms with E-state index in [2.05, 4.69) is 41.6 Å². The molecule has 2 nitrogen and oxygen atoms in total. The molecule has 0 bridgehead atoms. The molecule has 0 aliphatic heterocycles. The molecule has 1 atom stereocenters. The van der Waals surface area contributed by atoms with Crippen LogP contribution in [0.4, 0.5) is 0 Å². The van der Waals surface area contributed by atoms with Crippen molar-refractivity contribution in [1.29, 1.82) is 0 Å². The molecule has 0 N–H and O–H groups in total. The van der Waals surface area contributed by atoms with E-state index in [0.29, 0.717) is 0 Å². The van der Waals surface area contributed by atoms with E-state index in [4.69, 9.17) is 4.74 Å². The van der Waals surface area contributed by atoms with Crippen LogP contribution in [0.2, 0.25) is 0 Å². The fraction of sp³-hybridized carbons (Fsp3) is 0.846. The van der Waals surface area contributed by atoms with Crippen molar-refractivity contribution in [3.63, 3.8) is 0 Å². The van der Waals surface area contributed by atoms with Crippen LogP contribution in [0.25, 0.3) is 0 Å². The molecule has 0 amide bonds. The molecular formula is C13H28NO+. The molecule has 0 aromatic heterocycles. The number of likely N-dealkylation sites (N-methyl/N-ethyl adjacent to an activating group) is 1. The maximum atomic E-state index is 5.87. The first-order valence-corrected chi connectivity index (χ1v) is 5.94. The molecule has 0 heterocycles. The van der Waals surface area contributed by atoms with E-state index in [9.17, 15) is 0 Å². The van der Waals surface area contributed by atoms with Gasteiger partial charge in [-0.2, -0.15) is 0 Å². The van der Waals surface area contributed by atoms with Crippen molar-refractivity contribution in [3.8, 4) is 0 Å². The van der Waals surface area contributed by atoms with Crippen LogP contribution in [0.5, 0.6) is 0 Å². The van der Waals surface area contributed by atoms with Crippen LogP contribution in [-0.4, -0.2) is 44.9 Å². The Bertz CT molecular complexity index is 181. The smallest absolute Gasteiger partial charge is 0.102 e. The largest absolute Gasteiger partial charge is 0.368 e. The Hall–Kier alpha value is -0.340. The van der Waals surface area contributed by atoms with Crippen molar-refractivity contribution < 1.29 is 9.22 Å². The van der Waals surface area contributed by atoms with Crippen LogP contribution < -0.4 is 0 Å². The van der Waals surface area contributed by atoms with Gasteiger partial charge in [0.1, 0.15) is 6.54 Å². The van der Waals surface area contributed by atoms with Gasteiger partial charge in [0.25, 0.3) is 0 Å². The van der Waals surface area contributed by atoms with E-state index < -0.39 is 0 Å². The van der Waals surface area contributed by atoms with E-state index in [1.807, 2.05) is 0 Å². The fourth-order valence-corrected chi connectivity index (χ4v) is 1.33. The van der Waals surface area contributed by atoms with Gasteiger partial charge in [0.05, 0.1) is 33.9 Å². The Kier molecular flexibility index (Phi) is 6.86. The molecule has 0 aromatic rings.